The Morgan fingerprint density at radius 3 is 1.06 bits per heavy atom. The summed E-state index contributed by atoms with van der Waals surface area (Å²) in [6.45, 7) is 10.6. The minimum absolute atomic E-state index is 0.00143. The first-order valence-corrected chi connectivity index (χ1v) is 26.9. The molecule has 0 bridgehead atoms. The smallest absolute Gasteiger partial charge is 0.306 e. The van der Waals surface area contributed by atoms with E-state index in [1.54, 1.807) is 0 Å². The van der Waals surface area contributed by atoms with Crippen LogP contribution in [0.1, 0.15) is 271 Å². The fraction of sp³-hybridized carbons (Fsp3) is 0.839. The molecular weight excluding hydrogens is 769 g/mol. The Hall–Kier alpha value is -2.37. The number of carbonyl (C=O) groups is 3. The molecule has 0 fully saturated rings. The van der Waals surface area contributed by atoms with E-state index in [9.17, 15) is 14.4 Å². The molecule has 0 aliphatic rings. The lowest BCUT2D eigenvalue weighted by Crippen LogP contribution is -2.14. The topological polar surface area (TPSA) is 78.9 Å². The molecule has 0 aliphatic carbocycles. The Labute approximate surface area is 384 Å². The molecule has 0 aromatic heterocycles. The molecule has 360 valence electrons. The monoisotopic (exact) mass is 869 g/mol. The summed E-state index contributed by atoms with van der Waals surface area (Å²) >= 11 is 0. The van der Waals surface area contributed by atoms with Crippen LogP contribution in [-0.4, -0.2) is 31.1 Å². The Morgan fingerprint density at radius 1 is 0.355 bits per heavy atom. The lowest BCUT2D eigenvalue weighted by molar-refractivity contribution is -0.146. The Balaban J connectivity index is 2.33. The van der Waals surface area contributed by atoms with E-state index in [1.807, 2.05) is 30.3 Å². The second-order valence-corrected chi connectivity index (χ2v) is 19.0. The highest BCUT2D eigenvalue weighted by atomic mass is 16.5. The van der Waals surface area contributed by atoms with Gasteiger partial charge in [-0.2, -0.15) is 0 Å². The van der Waals surface area contributed by atoms with E-state index in [2.05, 4.69) is 27.7 Å². The maximum Gasteiger partial charge on any atom is 0.306 e. The van der Waals surface area contributed by atoms with Gasteiger partial charge in [-0.25, -0.2) is 0 Å². The summed E-state index contributed by atoms with van der Waals surface area (Å²) in [5.41, 5.74) is 1.04. The highest BCUT2D eigenvalue weighted by Gasteiger charge is 2.14. The molecule has 2 atom stereocenters. The predicted octanol–water partition coefficient (Wildman–Crippen LogP) is 17.2. The van der Waals surface area contributed by atoms with Crippen molar-refractivity contribution in [2.24, 2.45) is 17.8 Å². The van der Waals surface area contributed by atoms with Gasteiger partial charge in [0.05, 0.1) is 13.2 Å². The summed E-state index contributed by atoms with van der Waals surface area (Å²) < 4.78 is 17.0. The van der Waals surface area contributed by atoms with Gasteiger partial charge in [0.15, 0.2) is 0 Å². The zero-order chi connectivity index (χ0) is 45.0. The van der Waals surface area contributed by atoms with E-state index in [-0.39, 0.29) is 17.9 Å². The van der Waals surface area contributed by atoms with Gasteiger partial charge in [0.1, 0.15) is 6.61 Å². The van der Waals surface area contributed by atoms with Crippen molar-refractivity contribution in [1.29, 1.82) is 0 Å². The number of esters is 3. The highest BCUT2D eigenvalue weighted by Crippen LogP contribution is 2.25. The van der Waals surface area contributed by atoms with Crippen molar-refractivity contribution < 1.29 is 28.6 Å². The van der Waals surface area contributed by atoms with Crippen molar-refractivity contribution in [3.63, 3.8) is 0 Å². The van der Waals surface area contributed by atoms with Crippen molar-refractivity contribution >= 4 is 17.9 Å². The van der Waals surface area contributed by atoms with E-state index >= 15 is 0 Å². The zero-order valence-corrected chi connectivity index (χ0v) is 41.4. The van der Waals surface area contributed by atoms with Crippen LogP contribution in [0.4, 0.5) is 0 Å². The first-order valence-electron chi connectivity index (χ1n) is 26.9. The third-order valence-electron chi connectivity index (χ3n) is 13.0. The van der Waals surface area contributed by atoms with E-state index in [4.69, 9.17) is 14.2 Å². The van der Waals surface area contributed by atoms with Gasteiger partial charge in [-0.05, 0) is 68.3 Å². The summed E-state index contributed by atoms with van der Waals surface area (Å²) in [7, 11) is 0. The normalized spacial score (nSPS) is 12.8. The van der Waals surface area contributed by atoms with Gasteiger partial charge >= 0.3 is 17.9 Å². The fourth-order valence-corrected chi connectivity index (χ4v) is 8.83. The number of carbonyl (C=O) groups excluding carboxylic acids is 3. The van der Waals surface area contributed by atoms with E-state index in [0.717, 1.165) is 50.0 Å². The first-order chi connectivity index (χ1) is 30.4. The molecular formula is C56H100O6. The van der Waals surface area contributed by atoms with Crippen LogP contribution >= 0.6 is 0 Å². The van der Waals surface area contributed by atoms with Crippen molar-refractivity contribution in [1.82, 2.24) is 0 Å². The maximum atomic E-state index is 12.5. The number of hydrogen-bond donors (Lipinski definition) is 0. The summed E-state index contributed by atoms with van der Waals surface area (Å²) in [5, 5.41) is 0. The van der Waals surface area contributed by atoms with Crippen LogP contribution in [0.2, 0.25) is 0 Å². The largest absolute Gasteiger partial charge is 0.465 e. The molecule has 1 aromatic carbocycles. The molecule has 2 unspecified atom stereocenters. The van der Waals surface area contributed by atoms with E-state index in [1.165, 1.54) is 180 Å². The molecule has 0 saturated heterocycles. The van der Waals surface area contributed by atoms with Crippen molar-refractivity contribution in [3.8, 4) is 0 Å². The molecule has 0 heterocycles. The van der Waals surface area contributed by atoms with Crippen LogP contribution in [0.25, 0.3) is 0 Å². The molecule has 1 aromatic rings. The molecule has 0 aliphatic heterocycles. The van der Waals surface area contributed by atoms with Crippen molar-refractivity contribution in [2.75, 3.05) is 13.2 Å². The van der Waals surface area contributed by atoms with Crippen LogP contribution in [0.3, 0.4) is 0 Å². The maximum absolute atomic E-state index is 12.5. The molecule has 62 heavy (non-hydrogen) atoms. The lowest BCUT2D eigenvalue weighted by atomic mass is 9.89. The van der Waals surface area contributed by atoms with Crippen LogP contribution < -0.4 is 0 Å². The van der Waals surface area contributed by atoms with Gasteiger partial charge in [-0.15, -0.1) is 0 Å². The van der Waals surface area contributed by atoms with E-state index < -0.39 is 0 Å². The average Bonchev–Trinajstić information content (AvgIpc) is 3.28. The molecule has 0 spiro atoms. The van der Waals surface area contributed by atoms with Crippen LogP contribution in [0.15, 0.2) is 30.3 Å². The zero-order valence-electron chi connectivity index (χ0n) is 41.4. The van der Waals surface area contributed by atoms with Gasteiger partial charge in [-0.1, -0.05) is 231 Å². The van der Waals surface area contributed by atoms with Crippen LogP contribution in [0.5, 0.6) is 0 Å². The van der Waals surface area contributed by atoms with Crippen LogP contribution in [0, 0.1) is 17.8 Å². The molecule has 0 N–H and O–H groups in total. The standard InChI is InChI=1S/C56H100O6/c1-5-9-13-25-40-51(35-11-7-3)47-60-54(57)44-32-21-17-15-19-27-37-50(39-29-24-34-46-56(59)62-49-53-42-30-23-31-43-53)38-28-20-16-18-22-33-45-55(58)61-48-52(36-12-8-4)41-26-14-10-6-2/h23,30-31,42-43,50-52H,5-22,24-29,32-41,44-49H2,1-4H3. The van der Waals surface area contributed by atoms with E-state index in [0.29, 0.717) is 50.9 Å². The third-order valence-corrected chi connectivity index (χ3v) is 13.0. The molecule has 6 heteroatoms. The molecule has 0 radical (unpaired) electrons. The van der Waals surface area contributed by atoms with Gasteiger partial charge in [0, 0.05) is 19.3 Å². The Morgan fingerprint density at radius 2 is 0.661 bits per heavy atom. The molecule has 1 rings (SSSR count). The molecule has 0 saturated carbocycles. The van der Waals surface area contributed by atoms with Gasteiger partial charge in [0.2, 0.25) is 0 Å². The lowest BCUT2D eigenvalue weighted by Gasteiger charge is -2.17. The van der Waals surface area contributed by atoms with Crippen molar-refractivity contribution in [3.05, 3.63) is 35.9 Å². The minimum Gasteiger partial charge on any atom is -0.465 e. The second-order valence-electron chi connectivity index (χ2n) is 19.0. The van der Waals surface area contributed by atoms with Gasteiger partial charge in [0.25, 0.3) is 0 Å². The summed E-state index contributed by atoms with van der Waals surface area (Å²) in [5.74, 6) is 1.73. The Kier molecular flexibility index (Phi) is 40.8. The van der Waals surface area contributed by atoms with Gasteiger partial charge in [-0.3, -0.25) is 14.4 Å². The fourth-order valence-electron chi connectivity index (χ4n) is 8.83. The number of unbranched alkanes of at least 4 members (excludes halogenated alkanes) is 20. The van der Waals surface area contributed by atoms with Crippen LogP contribution in [-0.2, 0) is 35.2 Å². The SMILES string of the molecule is CCCCCCC(CCCC)COC(=O)CCCCCCCCC(CCCCCCCCC(=O)OCC(CCCC)CCCCCC)CCCCCC(=O)OCc1ccccc1. The quantitative estimate of drug-likeness (QED) is 0.0369. The number of hydrogen-bond acceptors (Lipinski definition) is 6. The number of benzene rings is 1. The third kappa shape index (κ3) is 37.0. The summed E-state index contributed by atoms with van der Waals surface area (Å²) in [4.78, 5) is 37.3. The van der Waals surface area contributed by atoms with Crippen molar-refractivity contribution in [2.45, 2.75) is 272 Å². The predicted molar refractivity (Wildman–Crippen MR) is 262 cm³/mol. The number of ether oxygens (including phenoxy) is 3. The second kappa shape index (κ2) is 43.9. The van der Waals surface area contributed by atoms with Gasteiger partial charge < -0.3 is 14.2 Å². The summed E-state index contributed by atoms with van der Waals surface area (Å²) in [6, 6.07) is 9.91. The Bertz CT molecular complexity index is 1080. The highest BCUT2D eigenvalue weighted by molar-refractivity contribution is 5.70. The summed E-state index contributed by atoms with van der Waals surface area (Å²) in [6.07, 6.45) is 42.6. The average molecular weight is 869 g/mol. The minimum atomic E-state index is -0.0902. The molecule has 0 amide bonds. The first kappa shape index (κ1) is 57.6. The molecule has 6 nitrogen and oxygen atoms in total. The number of rotatable bonds is 46.